The Morgan fingerprint density at radius 2 is 1.67 bits per heavy atom. The Balaban J connectivity index is 1.58. The first-order valence-corrected chi connectivity index (χ1v) is 11.4. The first-order chi connectivity index (χ1) is 13.1. The molecular weight excluding hydrogens is 394 g/mol. The summed E-state index contributed by atoms with van der Waals surface area (Å²) < 4.78 is 1.79. The number of carbonyl (C=O) groups is 1. The topological polar surface area (TPSA) is 54.9 Å². The smallest absolute Gasteiger partial charge is 0.234 e. The van der Waals surface area contributed by atoms with Crippen molar-refractivity contribution in [2.75, 3.05) is 16.8 Å². The van der Waals surface area contributed by atoms with Gasteiger partial charge in [0.15, 0.2) is 8.68 Å². The summed E-state index contributed by atoms with van der Waals surface area (Å²) in [5, 5.41) is 11.4. The lowest BCUT2D eigenvalue weighted by atomic mass is 10.0. The average Bonchev–Trinajstić information content (AvgIpc) is 3.14. The quantitative estimate of drug-likeness (QED) is 0.479. The molecule has 0 aliphatic heterocycles. The Bertz CT molecular complexity index is 881. The largest absolute Gasteiger partial charge is 0.325 e. The van der Waals surface area contributed by atoms with Crippen LogP contribution >= 0.6 is 34.9 Å². The molecule has 1 heterocycles. The molecule has 140 valence electrons. The van der Waals surface area contributed by atoms with Crippen LogP contribution in [0.4, 0.5) is 5.69 Å². The van der Waals surface area contributed by atoms with E-state index in [1.807, 2.05) is 54.6 Å². The van der Waals surface area contributed by atoms with Gasteiger partial charge in [-0.1, -0.05) is 97.2 Å². The highest BCUT2D eigenvalue weighted by Gasteiger charge is 2.11. The number of nitrogens with zero attached hydrogens (tertiary/aromatic N) is 2. The minimum absolute atomic E-state index is 0.0463. The van der Waals surface area contributed by atoms with Gasteiger partial charge >= 0.3 is 0 Å². The molecule has 7 heteroatoms. The van der Waals surface area contributed by atoms with Crippen molar-refractivity contribution in [1.29, 1.82) is 0 Å². The third-order valence-electron chi connectivity index (χ3n) is 3.54. The Hall–Kier alpha value is -1.83. The molecule has 0 radical (unpaired) electrons. The number of nitrogens with one attached hydrogen (secondary N) is 1. The second kappa shape index (κ2) is 9.92. The molecule has 0 atom stereocenters. The molecule has 27 heavy (non-hydrogen) atoms. The highest BCUT2D eigenvalue weighted by Crippen LogP contribution is 2.31. The average molecular weight is 416 g/mol. The molecule has 0 aliphatic rings. The van der Waals surface area contributed by atoms with Gasteiger partial charge in [0.2, 0.25) is 5.91 Å². The van der Waals surface area contributed by atoms with E-state index in [1.54, 1.807) is 23.1 Å². The van der Waals surface area contributed by atoms with Gasteiger partial charge in [-0.3, -0.25) is 4.79 Å². The summed E-state index contributed by atoms with van der Waals surface area (Å²) in [6.45, 7) is 4.36. The maximum absolute atomic E-state index is 12.4. The maximum atomic E-state index is 12.4. The van der Waals surface area contributed by atoms with Crippen LogP contribution in [0.3, 0.4) is 0 Å². The van der Waals surface area contributed by atoms with E-state index in [0.29, 0.717) is 11.7 Å². The monoisotopic (exact) mass is 415 g/mol. The van der Waals surface area contributed by atoms with Crippen LogP contribution in [0.1, 0.15) is 13.8 Å². The molecular formula is C20H21N3OS3. The second-order valence-corrected chi connectivity index (χ2v) is 9.75. The zero-order valence-electron chi connectivity index (χ0n) is 15.2. The molecule has 0 bridgehead atoms. The zero-order valence-corrected chi connectivity index (χ0v) is 17.7. The van der Waals surface area contributed by atoms with Crippen LogP contribution in [-0.4, -0.2) is 27.6 Å². The number of rotatable bonds is 8. The lowest BCUT2D eigenvalue weighted by Crippen LogP contribution is -2.14. The maximum Gasteiger partial charge on any atom is 0.234 e. The summed E-state index contributed by atoms with van der Waals surface area (Å²) in [5.41, 5.74) is 2.91. The molecule has 0 fully saturated rings. The van der Waals surface area contributed by atoms with Crippen molar-refractivity contribution in [3.8, 4) is 11.1 Å². The Morgan fingerprint density at radius 3 is 2.41 bits per heavy atom. The number of thioether (sulfide) groups is 2. The van der Waals surface area contributed by atoms with E-state index in [4.69, 9.17) is 0 Å². The summed E-state index contributed by atoms with van der Waals surface area (Å²) in [6, 6.07) is 17.9. The van der Waals surface area contributed by atoms with Gasteiger partial charge in [-0.2, -0.15) is 0 Å². The number of carbonyl (C=O) groups excluding carboxylic acids is 1. The van der Waals surface area contributed by atoms with Crippen molar-refractivity contribution in [2.45, 2.75) is 22.5 Å². The van der Waals surface area contributed by atoms with E-state index < -0.39 is 0 Å². The Kier molecular flexibility index (Phi) is 7.32. The summed E-state index contributed by atoms with van der Waals surface area (Å²) in [4.78, 5) is 12.4. The molecule has 0 saturated carbocycles. The molecule has 1 aromatic heterocycles. The molecule has 4 nitrogen and oxygen atoms in total. The fourth-order valence-corrected chi connectivity index (χ4v) is 5.12. The number of hydrogen-bond acceptors (Lipinski definition) is 6. The molecule has 2 aromatic carbocycles. The minimum atomic E-state index is -0.0463. The van der Waals surface area contributed by atoms with E-state index in [2.05, 4.69) is 29.4 Å². The normalized spacial score (nSPS) is 10.9. The highest BCUT2D eigenvalue weighted by atomic mass is 32.2. The highest BCUT2D eigenvalue weighted by molar-refractivity contribution is 8.03. The lowest BCUT2D eigenvalue weighted by Gasteiger charge is -2.10. The van der Waals surface area contributed by atoms with E-state index in [-0.39, 0.29) is 5.91 Å². The van der Waals surface area contributed by atoms with Crippen molar-refractivity contribution in [2.24, 2.45) is 5.92 Å². The predicted molar refractivity (Wildman–Crippen MR) is 117 cm³/mol. The fourth-order valence-electron chi connectivity index (χ4n) is 2.33. The van der Waals surface area contributed by atoms with Crippen molar-refractivity contribution >= 4 is 46.5 Å². The molecule has 3 aromatic rings. The molecule has 1 N–H and O–H groups in total. The van der Waals surface area contributed by atoms with Crippen molar-refractivity contribution < 1.29 is 4.79 Å². The van der Waals surface area contributed by atoms with Crippen LogP contribution in [0.5, 0.6) is 0 Å². The Labute approximate surface area is 172 Å². The first kappa shape index (κ1) is 19.9. The Morgan fingerprint density at radius 1 is 1.00 bits per heavy atom. The molecule has 1 amide bonds. The number of anilines is 1. The lowest BCUT2D eigenvalue weighted by molar-refractivity contribution is -0.113. The van der Waals surface area contributed by atoms with Gasteiger partial charge in [0.1, 0.15) is 0 Å². The fraction of sp³-hybridized carbons (Fsp3) is 0.250. The van der Waals surface area contributed by atoms with Crippen LogP contribution in [0.15, 0.2) is 63.3 Å². The second-order valence-electron chi connectivity index (χ2n) is 6.29. The van der Waals surface area contributed by atoms with E-state index in [1.165, 1.54) is 11.8 Å². The van der Waals surface area contributed by atoms with Gasteiger partial charge in [-0.25, -0.2) is 0 Å². The van der Waals surface area contributed by atoms with Gasteiger partial charge in [0.25, 0.3) is 0 Å². The number of hydrogen-bond donors (Lipinski definition) is 1. The molecule has 3 rings (SSSR count). The van der Waals surface area contributed by atoms with Crippen LogP contribution in [0.2, 0.25) is 0 Å². The number of aromatic nitrogens is 2. The van der Waals surface area contributed by atoms with E-state index in [0.717, 1.165) is 31.2 Å². The van der Waals surface area contributed by atoms with Crippen LogP contribution < -0.4 is 5.32 Å². The minimum Gasteiger partial charge on any atom is -0.325 e. The first-order valence-electron chi connectivity index (χ1n) is 8.65. The van der Waals surface area contributed by atoms with Crippen molar-refractivity contribution in [1.82, 2.24) is 10.2 Å². The van der Waals surface area contributed by atoms with Gasteiger partial charge < -0.3 is 5.32 Å². The molecule has 0 saturated heterocycles. The number of benzene rings is 2. The summed E-state index contributed by atoms with van der Waals surface area (Å²) in [7, 11) is 0. The van der Waals surface area contributed by atoms with Crippen molar-refractivity contribution in [3.63, 3.8) is 0 Å². The van der Waals surface area contributed by atoms with E-state index >= 15 is 0 Å². The van der Waals surface area contributed by atoms with Gasteiger partial charge in [-0.15, -0.1) is 10.2 Å². The number of amides is 1. The summed E-state index contributed by atoms with van der Waals surface area (Å²) in [6.07, 6.45) is 0. The summed E-state index contributed by atoms with van der Waals surface area (Å²) >= 11 is 4.69. The van der Waals surface area contributed by atoms with Gasteiger partial charge in [-0.05, 0) is 17.5 Å². The van der Waals surface area contributed by atoms with E-state index in [9.17, 15) is 4.79 Å². The molecule has 0 aliphatic carbocycles. The molecule has 0 unspecified atom stereocenters. The molecule has 0 spiro atoms. The standard InChI is InChI=1S/C20H21N3OS3/c1-14(2)12-25-19-22-23-20(27-19)26-13-18(24)21-17-11-7-6-10-16(17)15-8-4-3-5-9-15/h3-11,14H,12-13H2,1-2H3,(H,21,24). The van der Waals surface area contributed by atoms with Crippen LogP contribution in [0, 0.1) is 5.92 Å². The van der Waals surface area contributed by atoms with Crippen LogP contribution in [0.25, 0.3) is 11.1 Å². The van der Waals surface area contributed by atoms with Crippen LogP contribution in [-0.2, 0) is 4.79 Å². The third kappa shape index (κ3) is 6.09. The predicted octanol–water partition coefficient (Wildman–Crippen LogP) is 5.68. The zero-order chi connectivity index (χ0) is 19.1. The van der Waals surface area contributed by atoms with Gasteiger partial charge in [0.05, 0.1) is 5.75 Å². The number of para-hydroxylation sites is 1. The SMILES string of the molecule is CC(C)CSc1nnc(SCC(=O)Nc2ccccc2-c2ccccc2)s1. The van der Waals surface area contributed by atoms with Crippen molar-refractivity contribution in [3.05, 3.63) is 54.6 Å². The third-order valence-corrected chi connectivity index (χ3v) is 7.16. The summed E-state index contributed by atoms with van der Waals surface area (Å²) in [5.74, 6) is 1.91. The van der Waals surface area contributed by atoms with Gasteiger partial charge in [0, 0.05) is 17.0 Å².